The number of halogens is 1. The van der Waals surface area contributed by atoms with Crippen molar-refractivity contribution in [3.63, 3.8) is 0 Å². The van der Waals surface area contributed by atoms with E-state index in [2.05, 4.69) is 5.32 Å². The molecular weight excluding hydrogens is 308 g/mol. The average molecular weight is 327 g/mol. The second-order valence-electron chi connectivity index (χ2n) is 4.53. The number of amides is 1. The van der Waals surface area contributed by atoms with Crippen molar-refractivity contribution in [3.05, 3.63) is 46.2 Å². The van der Waals surface area contributed by atoms with Gasteiger partial charge in [0.1, 0.15) is 6.10 Å². The normalized spacial score (nSPS) is 13.1. The summed E-state index contributed by atoms with van der Waals surface area (Å²) in [5.41, 5.74) is 7.35. The van der Waals surface area contributed by atoms with E-state index in [0.29, 0.717) is 27.7 Å². The van der Waals surface area contributed by atoms with Crippen molar-refractivity contribution < 1.29 is 9.53 Å². The molecular formula is C15H19ClN2O2S. The van der Waals surface area contributed by atoms with Crippen molar-refractivity contribution in [1.29, 1.82) is 0 Å². The summed E-state index contributed by atoms with van der Waals surface area (Å²) in [6, 6.07) is 7.20. The number of alkyl carbamates (subject to hydrolysis) is 1. The van der Waals surface area contributed by atoms with Gasteiger partial charge < -0.3 is 10.5 Å². The molecule has 0 fully saturated rings. The number of thiocarbonyl (C=S) groups is 1. The minimum atomic E-state index is -0.613. The van der Waals surface area contributed by atoms with Crippen LogP contribution in [0.5, 0.6) is 0 Å². The van der Waals surface area contributed by atoms with Crippen LogP contribution in [0.15, 0.2) is 35.7 Å². The molecule has 21 heavy (non-hydrogen) atoms. The number of carbonyl (C=O) groups excluding carboxylic acids is 1. The number of nitrogens with two attached hydrogens (primary N) is 1. The molecule has 3 N–H and O–H groups in total. The van der Waals surface area contributed by atoms with E-state index in [1.807, 2.05) is 25.1 Å². The molecule has 0 aliphatic carbocycles. The van der Waals surface area contributed by atoms with Gasteiger partial charge in [0.15, 0.2) is 0 Å². The largest absolute Gasteiger partial charge is 0.441 e. The number of nitrogens with one attached hydrogen (secondary N) is 1. The highest BCUT2D eigenvalue weighted by Gasteiger charge is 2.16. The van der Waals surface area contributed by atoms with Gasteiger partial charge in [-0.25, -0.2) is 4.79 Å². The molecule has 1 atom stereocenters. The highest BCUT2D eigenvalue weighted by molar-refractivity contribution is 7.80. The van der Waals surface area contributed by atoms with Gasteiger partial charge in [-0.2, -0.15) is 0 Å². The summed E-state index contributed by atoms with van der Waals surface area (Å²) >= 11 is 11.2. The van der Waals surface area contributed by atoms with Crippen LogP contribution in [0, 0.1) is 0 Å². The minimum Gasteiger partial charge on any atom is -0.441 e. The molecule has 0 heterocycles. The third kappa shape index (κ3) is 5.02. The number of ether oxygens (including phenoxy) is 1. The lowest BCUT2D eigenvalue weighted by atomic mass is 10.1. The molecule has 1 aromatic carbocycles. The smallest absolute Gasteiger partial charge is 0.412 e. The van der Waals surface area contributed by atoms with Gasteiger partial charge in [0, 0.05) is 21.1 Å². The van der Waals surface area contributed by atoms with Gasteiger partial charge in [-0.1, -0.05) is 48.9 Å². The molecule has 114 valence electrons. The zero-order valence-electron chi connectivity index (χ0n) is 12.3. The summed E-state index contributed by atoms with van der Waals surface area (Å²) in [5.74, 6) is 0. The van der Waals surface area contributed by atoms with E-state index in [0.717, 1.165) is 5.56 Å². The summed E-state index contributed by atoms with van der Waals surface area (Å²) in [4.78, 5) is 12.5. The van der Waals surface area contributed by atoms with Gasteiger partial charge >= 0.3 is 6.09 Å². The van der Waals surface area contributed by atoms with Crippen LogP contribution in [-0.2, 0) is 4.74 Å². The Morgan fingerprint density at radius 3 is 2.62 bits per heavy atom. The Morgan fingerprint density at radius 1 is 1.48 bits per heavy atom. The first kappa shape index (κ1) is 17.5. The summed E-state index contributed by atoms with van der Waals surface area (Å²) in [6.07, 6.45) is -0.481. The van der Waals surface area contributed by atoms with Crippen molar-refractivity contribution in [2.45, 2.75) is 33.3 Å². The number of hydrogen-bond acceptors (Lipinski definition) is 4. The van der Waals surface area contributed by atoms with Gasteiger partial charge in [-0.15, -0.1) is 0 Å². The zero-order valence-corrected chi connectivity index (χ0v) is 13.8. The fourth-order valence-corrected chi connectivity index (χ4v) is 2.23. The van der Waals surface area contributed by atoms with Crippen LogP contribution in [0.2, 0.25) is 5.02 Å². The first-order valence-corrected chi connectivity index (χ1v) is 7.37. The van der Waals surface area contributed by atoms with Crippen LogP contribution >= 0.6 is 23.8 Å². The maximum absolute atomic E-state index is 11.9. The number of allylic oxidation sites excluding steroid dienone is 2. The van der Waals surface area contributed by atoms with Crippen LogP contribution in [0.25, 0.3) is 0 Å². The summed E-state index contributed by atoms with van der Waals surface area (Å²) in [6.45, 7) is 5.32. The highest BCUT2D eigenvalue weighted by atomic mass is 35.5. The highest BCUT2D eigenvalue weighted by Crippen LogP contribution is 2.25. The molecule has 0 aliphatic heterocycles. The van der Waals surface area contributed by atoms with Crippen LogP contribution in [0.4, 0.5) is 4.79 Å². The average Bonchev–Trinajstić information content (AvgIpc) is 2.44. The molecule has 0 spiro atoms. The Morgan fingerprint density at radius 2 is 2.10 bits per heavy atom. The van der Waals surface area contributed by atoms with Gasteiger partial charge in [0.05, 0.1) is 5.70 Å². The molecule has 1 amide bonds. The van der Waals surface area contributed by atoms with Crippen molar-refractivity contribution in [2.75, 3.05) is 0 Å². The molecule has 0 unspecified atom stereocenters. The predicted molar refractivity (Wildman–Crippen MR) is 89.3 cm³/mol. The third-order valence-corrected chi connectivity index (χ3v) is 3.69. The van der Waals surface area contributed by atoms with Gasteiger partial charge in [0.25, 0.3) is 0 Å². The topological polar surface area (TPSA) is 64.3 Å². The lowest BCUT2D eigenvalue weighted by Gasteiger charge is -2.17. The molecule has 0 aromatic heterocycles. The number of carbonyl (C=O) groups is 1. The molecule has 0 saturated heterocycles. The first-order chi connectivity index (χ1) is 9.86. The minimum absolute atomic E-state index is 0.434. The van der Waals surface area contributed by atoms with E-state index in [1.165, 1.54) is 0 Å². The summed E-state index contributed by atoms with van der Waals surface area (Å²) < 4.78 is 5.31. The third-order valence-electron chi connectivity index (χ3n) is 2.85. The molecule has 1 rings (SSSR count). The first-order valence-electron chi connectivity index (χ1n) is 6.58. The second kappa shape index (κ2) is 8.00. The van der Waals surface area contributed by atoms with Crippen molar-refractivity contribution in [2.24, 2.45) is 5.73 Å². The molecule has 0 bridgehead atoms. The van der Waals surface area contributed by atoms with Crippen LogP contribution in [0.3, 0.4) is 0 Å². The lowest BCUT2D eigenvalue weighted by Crippen LogP contribution is -2.30. The SMILES string of the molecule is CCC(=S)C(NC(=O)O[C@H](C)c1ccccc1Cl)=C(C)N. The second-order valence-corrected chi connectivity index (χ2v) is 5.43. The molecule has 0 aliphatic rings. The van der Waals surface area contributed by atoms with Crippen LogP contribution < -0.4 is 11.1 Å². The molecule has 0 saturated carbocycles. The van der Waals surface area contributed by atoms with Gasteiger partial charge in [-0.05, 0) is 26.3 Å². The molecule has 0 radical (unpaired) electrons. The van der Waals surface area contributed by atoms with E-state index in [9.17, 15) is 4.79 Å². The number of benzene rings is 1. The zero-order chi connectivity index (χ0) is 16.0. The van der Waals surface area contributed by atoms with Crippen molar-refractivity contribution >= 4 is 34.8 Å². The molecule has 4 nitrogen and oxygen atoms in total. The molecule has 6 heteroatoms. The standard InChI is InChI=1S/C15H19ClN2O2S/c1-4-13(21)14(9(2)17)18-15(19)20-10(3)11-7-5-6-8-12(11)16/h5-8,10H,4,17H2,1-3H3,(H,18,19)/t10-/m1/s1. The van der Waals surface area contributed by atoms with Gasteiger partial charge in [-0.3, -0.25) is 5.32 Å². The van der Waals surface area contributed by atoms with E-state index in [4.69, 9.17) is 34.3 Å². The van der Waals surface area contributed by atoms with Crippen molar-refractivity contribution in [3.8, 4) is 0 Å². The van der Waals surface area contributed by atoms with Gasteiger partial charge in [0.2, 0.25) is 0 Å². The Hall–Kier alpha value is -1.59. The monoisotopic (exact) mass is 326 g/mol. The maximum atomic E-state index is 11.9. The fourth-order valence-electron chi connectivity index (χ4n) is 1.73. The maximum Gasteiger partial charge on any atom is 0.412 e. The Labute approximate surface area is 135 Å². The Bertz CT molecular complexity index is 569. The van der Waals surface area contributed by atoms with Crippen LogP contribution in [-0.4, -0.2) is 11.0 Å². The Balaban J connectivity index is 2.76. The van der Waals surface area contributed by atoms with Crippen molar-refractivity contribution in [1.82, 2.24) is 5.32 Å². The number of hydrogen-bond donors (Lipinski definition) is 2. The fraction of sp³-hybridized carbons (Fsp3) is 0.333. The van der Waals surface area contributed by atoms with E-state index in [-0.39, 0.29) is 0 Å². The number of rotatable bonds is 5. The Kier molecular flexibility index (Phi) is 6.65. The van der Waals surface area contributed by atoms with E-state index < -0.39 is 12.2 Å². The molecule has 1 aromatic rings. The summed E-state index contributed by atoms with van der Waals surface area (Å²) in [5, 5.41) is 3.15. The van der Waals surface area contributed by atoms with E-state index in [1.54, 1.807) is 19.9 Å². The lowest BCUT2D eigenvalue weighted by molar-refractivity contribution is 0.110. The summed E-state index contributed by atoms with van der Waals surface area (Å²) in [7, 11) is 0. The van der Waals surface area contributed by atoms with Crippen LogP contribution in [0.1, 0.15) is 38.9 Å². The van der Waals surface area contributed by atoms with E-state index >= 15 is 0 Å². The predicted octanol–water partition coefficient (Wildman–Crippen LogP) is 4.10. The quantitative estimate of drug-likeness (QED) is 0.631.